The molecule has 4 nitrogen and oxygen atoms in total. The molecule has 0 aliphatic heterocycles. The van der Waals surface area contributed by atoms with Gasteiger partial charge in [-0.15, -0.1) is 0 Å². The van der Waals surface area contributed by atoms with E-state index in [0.29, 0.717) is 0 Å². The van der Waals surface area contributed by atoms with Gasteiger partial charge in [-0.25, -0.2) is 0 Å². The maximum absolute atomic E-state index is 12.5. The summed E-state index contributed by atoms with van der Waals surface area (Å²) in [5, 5.41) is 4.63. The molecule has 2 amide bonds. The third-order valence-corrected chi connectivity index (χ3v) is 2.30. The second-order valence-corrected chi connectivity index (χ2v) is 4.06. The Morgan fingerprint density at radius 2 is 1.73 bits per heavy atom. The van der Waals surface area contributed by atoms with Gasteiger partial charge in [-0.05, 0) is 25.1 Å². The molecule has 7 heteroatoms. The SMILES string of the molecule is CC.CC(=O)N/C=C(/C)C(=O)Nc1cccc(C(F)(F)F)c1. The second kappa shape index (κ2) is 8.86. The highest BCUT2D eigenvalue weighted by molar-refractivity contribution is 6.03. The molecule has 0 radical (unpaired) electrons. The summed E-state index contributed by atoms with van der Waals surface area (Å²) in [7, 11) is 0. The molecule has 0 fully saturated rings. The fourth-order valence-electron chi connectivity index (χ4n) is 1.28. The Labute approximate surface area is 127 Å². The summed E-state index contributed by atoms with van der Waals surface area (Å²) < 4.78 is 37.5. The summed E-state index contributed by atoms with van der Waals surface area (Å²) in [6.07, 6.45) is -3.28. The van der Waals surface area contributed by atoms with Gasteiger partial charge in [0.05, 0.1) is 5.56 Å². The Morgan fingerprint density at radius 3 is 2.23 bits per heavy atom. The lowest BCUT2D eigenvalue weighted by Gasteiger charge is -2.10. The maximum atomic E-state index is 12.5. The number of anilines is 1. The molecule has 1 aromatic rings. The molecule has 122 valence electrons. The predicted molar refractivity (Wildman–Crippen MR) is 79.0 cm³/mol. The lowest BCUT2D eigenvalue weighted by molar-refractivity contribution is -0.137. The van der Waals surface area contributed by atoms with Crippen LogP contribution in [0.1, 0.15) is 33.3 Å². The van der Waals surface area contributed by atoms with Gasteiger partial charge in [0.25, 0.3) is 5.91 Å². The van der Waals surface area contributed by atoms with E-state index in [-0.39, 0.29) is 17.2 Å². The number of carbonyl (C=O) groups is 2. The summed E-state index contributed by atoms with van der Waals surface area (Å²) in [6, 6.07) is 4.30. The van der Waals surface area contributed by atoms with Crippen LogP contribution in [0, 0.1) is 0 Å². The Balaban J connectivity index is 0.00000211. The summed E-state index contributed by atoms with van der Waals surface area (Å²) in [5.74, 6) is -0.950. The van der Waals surface area contributed by atoms with E-state index in [0.717, 1.165) is 12.1 Å². The van der Waals surface area contributed by atoms with Crippen molar-refractivity contribution in [3.8, 4) is 0 Å². The van der Waals surface area contributed by atoms with Crippen LogP contribution >= 0.6 is 0 Å². The van der Waals surface area contributed by atoms with E-state index in [1.165, 1.54) is 32.2 Å². The second-order valence-electron chi connectivity index (χ2n) is 4.06. The van der Waals surface area contributed by atoms with Gasteiger partial charge >= 0.3 is 6.18 Å². The highest BCUT2D eigenvalue weighted by atomic mass is 19.4. The highest BCUT2D eigenvalue weighted by Crippen LogP contribution is 2.30. The first-order chi connectivity index (χ1) is 10.2. The molecule has 0 saturated heterocycles. The van der Waals surface area contributed by atoms with Crippen LogP contribution in [0.3, 0.4) is 0 Å². The van der Waals surface area contributed by atoms with Crippen LogP contribution in [0.25, 0.3) is 0 Å². The van der Waals surface area contributed by atoms with Crippen molar-refractivity contribution in [1.29, 1.82) is 0 Å². The van der Waals surface area contributed by atoms with Crippen LogP contribution < -0.4 is 10.6 Å². The van der Waals surface area contributed by atoms with Crippen molar-refractivity contribution in [1.82, 2.24) is 5.32 Å². The Morgan fingerprint density at radius 1 is 1.14 bits per heavy atom. The molecule has 0 atom stereocenters. The Hall–Kier alpha value is -2.31. The maximum Gasteiger partial charge on any atom is 0.416 e. The number of hydrogen-bond donors (Lipinski definition) is 2. The summed E-state index contributed by atoms with van der Waals surface area (Å²) in [6.45, 7) is 6.70. The van der Waals surface area contributed by atoms with Crippen molar-refractivity contribution in [3.05, 3.63) is 41.6 Å². The highest BCUT2D eigenvalue weighted by Gasteiger charge is 2.30. The van der Waals surface area contributed by atoms with Gasteiger partial charge < -0.3 is 10.6 Å². The molecule has 0 unspecified atom stereocenters. The van der Waals surface area contributed by atoms with Crippen molar-refractivity contribution in [2.45, 2.75) is 33.9 Å². The molecular formula is C15H19F3N2O2. The minimum Gasteiger partial charge on any atom is -0.332 e. The largest absolute Gasteiger partial charge is 0.416 e. The molecule has 0 bridgehead atoms. The zero-order chi connectivity index (χ0) is 17.3. The minimum atomic E-state index is -4.47. The van der Waals surface area contributed by atoms with E-state index in [2.05, 4.69) is 10.6 Å². The lowest BCUT2D eigenvalue weighted by atomic mass is 10.2. The summed E-state index contributed by atoms with van der Waals surface area (Å²) in [4.78, 5) is 22.3. The Kier molecular flexibility index (Phi) is 7.93. The van der Waals surface area contributed by atoms with Crippen molar-refractivity contribution in [3.63, 3.8) is 0 Å². The van der Waals surface area contributed by atoms with E-state index >= 15 is 0 Å². The number of halogens is 3. The average molecular weight is 316 g/mol. The minimum absolute atomic E-state index is 0.0281. The zero-order valence-electron chi connectivity index (χ0n) is 12.8. The zero-order valence-corrected chi connectivity index (χ0v) is 12.8. The van der Waals surface area contributed by atoms with E-state index < -0.39 is 17.6 Å². The molecule has 0 aromatic heterocycles. The monoisotopic (exact) mass is 316 g/mol. The first kappa shape index (κ1) is 19.7. The Bertz CT molecular complexity index is 552. The van der Waals surface area contributed by atoms with Gasteiger partial charge in [-0.2, -0.15) is 13.2 Å². The number of rotatable bonds is 3. The van der Waals surface area contributed by atoms with Crippen molar-refractivity contribution < 1.29 is 22.8 Å². The molecule has 2 N–H and O–H groups in total. The third-order valence-electron chi connectivity index (χ3n) is 2.30. The van der Waals surface area contributed by atoms with Crippen LogP contribution in [0.5, 0.6) is 0 Å². The van der Waals surface area contributed by atoms with Crippen LogP contribution in [0.4, 0.5) is 18.9 Å². The molecule has 0 aliphatic carbocycles. The lowest BCUT2D eigenvalue weighted by Crippen LogP contribution is -2.18. The van der Waals surface area contributed by atoms with Gasteiger partial charge in [-0.1, -0.05) is 19.9 Å². The van der Waals surface area contributed by atoms with Crippen LogP contribution in [-0.4, -0.2) is 11.8 Å². The third kappa shape index (κ3) is 6.92. The number of hydrogen-bond acceptors (Lipinski definition) is 2. The summed E-state index contributed by atoms with van der Waals surface area (Å²) >= 11 is 0. The average Bonchev–Trinajstić information content (AvgIpc) is 2.46. The normalized spacial score (nSPS) is 11.1. The van der Waals surface area contributed by atoms with E-state index in [4.69, 9.17) is 0 Å². The molecule has 0 saturated carbocycles. The molecule has 0 spiro atoms. The standard InChI is InChI=1S/C13H13F3N2O2.C2H6/c1-8(7-17-9(2)19)12(20)18-11-5-3-4-10(6-11)13(14,15)16;1-2/h3-7H,1-2H3,(H,17,19)(H,18,20);1-2H3/b8-7-;. The summed E-state index contributed by atoms with van der Waals surface area (Å²) in [5.41, 5.74) is -0.656. The van der Waals surface area contributed by atoms with Crippen LogP contribution in [0.2, 0.25) is 0 Å². The number of benzene rings is 1. The van der Waals surface area contributed by atoms with E-state index in [9.17, 15) is 22.8 Å². The fourth-order valence-corrected chi connectivity index (χ4v) is 1.28. The quantitative estimate of drug-likeness (QED) is 0.835. The number of carbonyl (C=O) groups excluding carboxylic acids is 2. The van der Waals surface area contributed by atoms with E-state index in [1.807, 2.05) is 13.8 Å². The number of amides is 2. The predicted octanol–water partition coefficient (Wildman–Crippen LogP) is 3.71. The van der Waals surface area contributed by atoms with Crippen LogP contribution in [-0.2, 0) is 15.8 Å². The molecular weight excluding hydrogens is 297 g/mol. The smallest absolute Gasteiger partial charge is 0.332 e. The molecule has 0 aliphatic rings. The molecule has 1 aromatic carbocycles. The fraction of sp³-hybridized carbons (Fsp3) is 0.333. The van der Waals surface area contributed by atoms with E-state index in [1.54, 1.807) is 0 Å². The van der Waals surface area contributed by atoms with Crippen molar-refractivity contribution in [2.75, 3.05) is 5.32 Å². The van der Waals surface area contributed by atoms with Gasteiger partial charge in [0, 0.05) is 24.4 Å². The van der Waals surface area contributed by atoms with Crippen molar-refractivity contribution in [2.24, 2.45) is 0 Å². The number of nitrogens with one attached hydrogen (secondary N) is 2. The van der Waals surface area contributed by atoms with Gasteiger partial charge in [0.1, 0.15) is 0 Å². The van der Waals surface area contributed by atoms with Gasteiger partial charge in [0.15, 0.2) is 0 Å². The molecule has 1 rings (SSSR count). The molecule has 22 heavy (non-hydrogen) atoms. The topological polar surface area (TPSA) is 58.2 Å². The van der Waals surface area contributed by atoms with Gasteiger partial charge in [-0.3, -0.25) is 9.59 Å². The first-order valence-corrected chi connectivity index (χ1v) is 6.62. The van der Waals surface area contributed by atoms with Crippen molar-refractivity contribution >= 4 is 17.5 Å². The number of alkyl halides is 3. The van der Waals surface area contributed by atoms with Gasteiger partial charge in [0.2, 0.25) is 5.91 Å². The first-order valence-electron chi connectivity index (χ1n) is 6.62. The molecule has 0 heterocycles. The van der Waals surface area contributed by atoms with Crippen LogP contribution in [0.15, 0.2) is 36.0 Å².